The van der Waals surface area contributed by atoms with Gasteiger partial charge in [-0.3, -0.25) is 0 Å². The summed E-state index contributed by atoms with van der Waals surface area (Å²) in [7, 11) is 0.606. The molecule has 0 radical (unpaired) electrons. The van der Waals surface area contributed by atoms with Crippen molar-refractivity contribution in [2.24, 2.45) is 7.05 Å². The molecule has 3 aromatic carbocycles. The molecule has 2 aromatic heterocycles. The second-order valence-corrected chi connectivity index (χ2v) is 16.9. The van der Waals surface area contributed by atoms with Gasteiger partial charge >= 0.3 is 0 Å². The van der Waals surface area contributed by atoms with E-state index in [2.05, 4.69) is 120 Å². The molecule has 5 rings (SSSR count). The fourth-order valence-electron chi connectivity index (χ4n) is 5.21. The molecule has 2 heterocycles. The minimum Gasteiger partial charge on any atom is -0.455 e. The van der Waals surface area contributed by atoms with Gasteiger partial charge in [-0.2, -0.15) is 4.57 Å². The van der Waals surface area contributed by atoms with Crippen molar-refractivity contribution in [1.29, 1.82) is 0 Å². The van der Waals surface area contributed by atoms with Gasteiger partial charge in [0.15, 0.2) is 0 Å². The van der Waals surface area contributed by atoms with Crippen LogP contribution in [0.1, 0.15) is 37.5 Å². The third-order valence-corrected chi connectivity index (χ3v) is 9.44. The Bertz CT molecular complexity index is 1590. The topological polar surface area (TPSA) is 17.0 Å². The van der Waals surface area contributed by atoms with Crippen LogP contribution in [-0.2, 0) is 12.5 Å². The van der Waals surface area contributed by atoms with Gasteiger partial charge in [-0.25, -0.2) is 0 Å². The monoisotopic (exact) mass is 466 g/mol. The Kier molecular flexibility index (Phi) is 5.07. The molecular formula is C31H36NOSi+. The van der Waals surface area contributed by atoms with Gasteiger partial charge in [-0.1, -0.05) is 64.7 Å². The van der Waals surface area contributed by atoms with E-state index in [1.807, 2.05) is 0 Å². The van der Waals surface area contributed by atoms with E-state index in [9.17, 15) is 0 Å². The zero-order valence-corrected chi connectivity index (χ0v) is 23.1. The fraction of sp³-hybridized carbons (Fsp3) is 0.323. The predicted molar refractivity (Wildman–Crippen MR) is 149 cm³/mol. The van der Waals surface area contributed by atoms with Gasteiger partial charge in [0, 0.05) is 28.3 Å². The summed E-state index contributed by atoms with van der Waals surface area (Å²) in [5, 5.41) is 5.27. The summed E-state index contributed by atoms with van der Waals surface area (Å²) in [4.78, 5) is 0. The highest BCUT2D eigenvalue weighted by molar-refractivity contribution is 6.90. The quantitative estimate of drug-likeness (QED) is 0.192. The normalized spacial score (nSPS) is 12.9. The number of furan rings is 1. The van der Waals surface area contributed by atoms with Crippen LogP contribution < -0.4 is 9.75 Å². The van der Waals surface area contributed by atoms with Crippen molar-refractivity contribution < 1.29 is 8.98 Å². The molecule has 0 saturated heterocycles. The molecule has 34 heavy (non-hydrogen) atoms. The SMILES string of the molecule is Cc1cc2c(oc3cc(C(C)(C)C)ccc32)c(-c2cc([Si](C)(C)C)c3ccccc3[n+]2C)c1C. The Morgan fingerprint density at radius 2 is 1.53 bits per heavy atom. The Balaban J connectivity index is 1.92. The number of para-hydroxylation sites is 1. The Morgan fingerprint density at radius 3 is 2.21 bits per heavy atom. The summed E-state index contributed by atoms with van der Waals surface area (Å²) in [6, 6.07) is 20.3. The van der Waals surface area contributed by atoms with Crippen LogP contribution in [0.5, 0.6) is 0 Å². The van der Waals surface area contributed by atoms with Crippen LogP contribution in [0.15, 0.2) is 59.0 Å². The summed E-state index contributed by atoms with van der Waals surface area (Å²) in [5.74, 6) is 0. The summed E-state index contributed by atoms with van der Waals surface area (Å²) >= 11 is 0. The molecule has 0 spiro atoms. The van der Waals surface area contributed by atoms with Crippen molar-refractivity contribution >= 4 is 46.1 Å². The Labute approximate surface area is 204 Å². The molecule has 0 aliphatic heterocycles. The smallest absolute Gasteiger partial charge is 0.216 e. The highest BCUT2D eigenvalue weighted by Crippen LogP contribution is 2.40. The van der Waals surface area contributed by atoms with E-state index in [-0.39, 0.29) is 5.41 Å². The first-order valence-corrected chi connectivity index (χ1v) is 15.8. The molecule has 174 valence electrons. The first-order valence-electron chi connectivity index (χ1n) is 12.3. The molecule has 2 nitrogen and oxygen atoms in total. The molecule has 5 aromatic rings. The molecule has 3 heteroatoms. The maximum atomic E-state index is 6.70. The Hall–Kier alpha value is -2.91. The second kappa shape index (κ2) is 7.54. The molecule has 0 N–H and O–H groups in total. The maximum Gasteiger partial charge on any atom is 0.216 e. The van der Waals surface area contributed by atoms with Crippen molar-refractivity contribution in [3.63, 3.8) is 0 Å². The van der Waals surface area contributed by atoms with Crippen molar-refractivity contribution in [3.8, 4) is 11.3 Å². The zero-order valence-electron chi connectivity index (χ0n) is 22.1. The number of hydrogen-bond acceptors (Lipinski definition) is 1. The summed E-state index contributed by atoms with van der Waals surface area (Å²) in [5.41, 5.74) is 9.67. The molecule has 0 saturated carbocycles. The average Bonchev–Trinajstić information content (AvgIpc) is 3.11. The van der Waals surface area contributed by atoms with E-state index in [1.54, 1.807) is 0 Å². The lowest BCUT2D eigenvalue weighted by Crippen LogP contribution is -2.43. The lowest BCUT2D eigenvalue weighted by atomic mass is 9.86. The highest BCUT2D eigenvalue weighted by Gasteiger charge is 2.29. The van der Waals surface area contributed by atoms with Gasteiger partial charge in [0.2, 0.25) is 11.2 Å². The van der Waals surface area contributed by atoms with Gasteiger partial charge in [-0.05, 0) is 59.3 Å². The van der Waals surface area contributed by atoms with E-state index in [4.69, 9.17) is 4.42 Å². The van der Waals surface area contributed by atoms with Crippen LogP contribution in [0.2, 0.25) is 19.6 Å². The number of fused-ring (bicyclic) bond motifs is 4. The standard InChI is InChI=1S/C31H36NOSi/c1-19-16-24-22-15-14-21(31(3,4)5)17-27(22)33-30(24)29(20(19)2)26-18-28(34(7,8)9)23-12-10-11-13-25(23)32(26)6/h10-18H,1-9H3/q+1. The van der Waals surface area contributed by atoms with E-state index >= 15 is 0 Å². The van der Waals surface area contributed by atoms with Crippen molar-refractivity contribution in [3.05, 3.63) is 71.3 Å². The highest BCUT2D eigenvalue weighted by atomic mass is 28.3. The first-order chi connectivity index (χ1) is 15.9. The molecule has 0 aliphatic rings. The van der Waals surface area contributed by atoms with E-state index in [1.165, 1.54) is 54.8 Å². The first kappa shape index (κ1) is 22.9. The van der Waals surface area contributed by atoms with E-state index in [0.717, 1.165) is 11.2 Å². The molecule has 0 fully saturated rings. The summed E-state index contributed by atoms with van der Waals surface area (Å²) in [6.45, 7) is 18.5. The zero-order chi connectivity index (χ0) is 24.6. The van der Waals surface area contributed by atoms with Gasteiger partial charge in [-0.15, -0.1) is 0 Å². The number of aryl methyl sites for hydroxylation is 2. The third kappa shape index (κ3) is 3.49. The van der Waals surface area contributed by atoms with Gasteiger partial charge in [0.05, 0.1) is 13.6 Å². The minimum absolute atomic E-state index is 0.0822. The Morgan fingerprint density at radius 1 is 0.824 bits per heavy atom. The molecule has 0 amide bonds. The number of pyridine rings is 1. The largest absolute Gasteiger partial charge is 0.455 e. The van der Waals surface area contributed by atoms with Crippen molar-refractivity contribution in [1.82, 2.24) is 0 Å². The van der Waals surface area contributed by atoms with Crippen molar-refractivity contribution in [2.75, 3.05) is 0 Å². The van der Waals surface area contributed by atoms with Crippen LogP contribution in [0.3, 0.4) is 0 Å². The molecule has 0 atom stereocenters. The number of hydrogen-bond donors (Lipinski definition) is 0. The van der Waals surface area contributed by atoms with Gasteiger partial charge in [0.1, 0.15) is 18.2 Å². The number of nitrogens with zero attached hydrogens (tertiary/aromatic N) is 1. The second-order valence-electron chi connectivity index (χ2n) is 11.9. The number of benzene rings is 3. The van der Waals surface area contributed by atoms with Crippen LogP contribution in [0.25, 0.3) is 44.1 Å². The molecular weight excluding hydrogens is 430 g/mol. The summed E-state index contributed by atoms with van der Waals surface area (Å²) in [6.07, 6.45) is 0. The van der Waals surface area contributed by atoms with Gasteiger partial charge in [0.25, 0.3) is 0 Å². The van der Waals surface area contributed by atoms with E-state index in [0.29, 0.717) is 0 Å². The lowest BCUT2D eigenvalue weighted by Gasteiger charge is -2.20. The van der Waals surface area contributed by atoms with Crippen molar-refractivity contribution in [2.45, 2.75) is 59.7 Å². The number of aromatic nitrogens is 1. The van der Waals surface area contributed by atoms with Crippen LogP contribution in [0.4, 0.5) is 0 Å². The molecule has 0 unspecified atom stereocenters. The predicted octanol–water partition coefficient (Wildman–Crippen LogP) is 7.69. The van der Waals surface area contributed by atoms with E-state index < -0.39 is 8.07 Å². The van der Waals surface area contributed by atoms with Crippen LogP contribution >= 0.6 is 0 Å². The lowest BCUT2D eigenvalue weighted by molar-refractivity contribution is -0.633. The van der Waals surface area contributed by atoms with Crippen LogP contribution in [-0.4, -0.2) is 8.07 Å². The fourth-order valence-corrected chi connectivity index (χ4v) is 6.80. The molecule has 0 aliphatic carbocycles. The minimum atomic E-state index is -1.59. The maximum absolute atomic E-state index is 6.70. The number of rotatable bonds is 2. The average molecular weight is 467 g/mol. The molecule has 0 bridgehead atoms. The van der Waals surface area contributed by atoms with Gasteiger partial charge < -0.3 is 4.42 Å². The van der Waals surface area contributed by atoms with Crippen LogP contribution in [0, 0.1) is 13.8 Å². The third-order valence-electron chi connectivity index (χ3n) is 7.41. The summed E-state index contributed by atoms with van der Waals surface area (Å²) < 4.78 is 9.06.